The Balaban J connectivity index is 1.53. The van der Waals surface area contributed by atoms with E-state index in [2.05, 4.69) is 10.6 Å². The maximum Gasteiger partial charge on any atom is 0.401 e. The van der Waals surface area contributed by atoms with Crippen LogP contribution >= 0.6 is 22.9 Å². The van der Waals surface area contributed by atoms with Crippen molar-refractivity contribution in [2.45, 2.75) is 31.5 Å². The number of thiophene rings is 1. The number of hydrogen-bond acceptors (Lipinski definition) is 6. The van der Waals surface area contributed by atoms with E-state index in [1.165, 1.54) is 29.2 Å². The average Bonchev–Trinajstić information content (AvgIpc) is 3.28. The molecule has 4 rings (SSSR count). The summed E-state index contributed by atoms with van der Waals surface area (Å²) < 4.78 is 61.0. The molecule has 2 aromatic rings. The molecule has 0 spiro atoms. The lowest BCUT2D eigenvalue weighted by molar-refractivity contribution is -0.155. The normalized spacial score (nSPS) is 17.2. The number of alkyl halides is 3. The number of carbonyl (C=O) groups is 3. The lowest BCUT2D eigenvalue weighted by Gasteiger charge is -2.37. The summed E-state index contributed by atoms with van der Waals surface area (Å²) in [5.74, 6) is -2.73. The van der Waals surface area contributed by atoms with Crippen molar-refractivity contribution in [3.05, 3.63) is 45.4 Å². The SMILES string of the molecule is O=C(NC[C@H](C(=O)Nc1ccc(N2CCOCC2=O)cc1F)N(CC1CCC1)CC(F)(F)F)c1ccc(Cl)s1. The highest BCUT2D eigenvalue weighted by molar-refractivity contribution is 7.18. The van der Waals surface area contributed by atoms with Crippen molar-refractivity contribution in [3.63, 3.8) is 0 Å². The molecule has 14 heteroatoms. The Morgan fingerprint density at radius 2 is 2.00 bits per heavy atom. The molecule has 2 fully saturated rings. The first-order valence-corrected chi connectivity index (χ1v) is 13.5. The van der Waals surface area contributed by atoms with E-state index in [1.54, 1.807) is 0 Å². The van der Waals surface area contributed by atoms with E-state index in [1.807, 2.05) is 0 Å². The highest BCUT2D eigenvalue weighted by Crippen LogP contribution is 2.30. The first-order chi connectivity index (χ1) is 18.5. The Morgan fingerprint density at radius 3 is 2.59 bits per heavy atom. The fraction of sp³-hybridized carbons (Fsp3) is 0.480. The molecular weight excluding hydrogens is 564 g/mol. The minimum absolute atomic E-state index is 0.00113. The quantitative estimate of drug-likeness (QED) is 0.403. The molecule has 1 aliphatic carbocycles. The van der Waals surface area contributed by atoms with Crippen LogP contribution in [-0.2, 0) is 14.3 Å². The minimum Gasteiger partial charge on any atom is -0.370 e. The van der Waals surface area contributed by atoms with Gasteiger partial charge in [-0.3, -0.25) is 19.3 Å². The third-order valence-electron chi connectivity index (χ3n) is 6.60. The van der Waals surface area contributed by atoms with Gasteiger partial charge < -0.3 is 20.3 Å². The van der Waals surface area contributed by atoms with Gasteiger partial charge in [-0.1, -0.05) is 18.0 Å². The van der Waals surface area contributed by atoms with E-state index < -0.39 is 42.9 Å². The predicted molar refractivity (Wildman–Crippen MR) is 139 cm³/mol. The van der Waals surface area contributed by atoms with E-state index >= 15 is 0 Å². The summed E-state index contributed by atoms with van der Waals surface area (Å²) >= 11 is 6.86. The largest absolute Gasteiger partial charge is 0.401 e. The van der Waals surface area contributed by atoms with Gasteiger partial charge >= 0.3 is 6.18 Å². The maximum absolute atomic E-state index is 15.0. The molecule has 0 unspecified atom stereocenters. The first kappa shape index (κ1) is 29.2. The molecule has 1 aromatic heterocycles. The molecule has 2 aliphatic rings. The summed E-state index contributed by atoms with van der Waals surface area (Å²) in [6, 6.07) is 5.28. The van der Waals surface area contributed by atoms with Crippen molar-refractivity contribution < 1.29 is 36.7 Å². The van der Waals surface area contributed by atoms with Gasteiger partial charge in [-0.25, -0.2) is 4.39 Å². The van der Waals surface area contributed by atoms with Crippen LogP contribution in [0.25, 0.3) is 0 Å². The van der Waals surface area contributed by atoms with Crippen molar-refractivity contribution in [3.8, 4) is 0 Å². The molecule has 1 aromatic carbocycles. The van der Waals surface area contributed by atoms with Gasteiger partial charge in [0, 0.05) is 25.3 Å². The molecule has 3 amide bonds. The number of rotatable bonds is 10. The molecule has 212 valence electrons. The van der Waals surface area contributed by atoms with Crippen molar-refractivity contribution in [2.24, 2.45) is 5.92 Å². The molecular formula is C25H27ClF4N4O4S. The van der Waals surface area contributed by atoms with Crippen LogP contribution < -0.4 is 15.5 Å². The number of ether oxygens (including phenoxy) is 1. The topological polar surface area (TPSA) is 91.0 Å². The number of amides is 3. The van der Waals surface area contributed by atoms with Gasteiger partial charge in [-0.2, -0.15) is 13.2 Å². The van der Waals surface area contributed by atoms with Gasteiger partial charge in [-0.05, 0) is 49.1 Å². The lowest BCUT2D eigenvalue weighted by atomic mass is 9.84. The molecule has 0 radical (unpaired) electrons. The molecule has 39 heavy (non-hydrogen) atoms. The van der Waals surface area contributed by atoms with Gasteiger partial charge in [0.05, 0.1) is 28.1 Å². The summed E-state index contributed by atoms with van der Waals surface area (Å²) in [6.07, 6.45) is -2.25. The van der Waals surface area contributed by atoms with E-state index in [9.17, 15) is 31.9 Å². The van der Waals surface area contributed by atoms with Gasteiger partial charge in [0.25, 0.3) is 11.8 Å². The van der Waals surface area contributed by atoms with Gasteiger partial charge in [-0.15, -0.1) is 11.3 Å². The number of anilines is 2. The molecule has 1 aliphatic heterocycles. The maximum atomic E-state index is 15.0. The average molecular weight is 591 g/mol. The molecule has 8 nitrogen and oxygen atoms in total. The Labute approximate surface area is 231 Å². The lowest BCUT2D eigenvalue weighted by Crippen LogP contribution is -2.55. The van der Waals surface area contributed by atoms with Crippen LogP contribution in [0.4, 0.5) is 28.9 Å². The van der Waals surface area contributed by atoms with Gasteiger partial charge in [0.2, 0.25) is 5.91 Å². The number of benzene rings is 1. The van der Waals surface area contributed by atoms with E-state index in [0.29, 0.717) is 4.34 Å². The van der Waals surface area contributed by atoms with Crippen molar-refractivity contribution >= 4 is 52.0 Å². The van der Waals surface area contributed by atoms with Crippen LogP contribution in [0.1, 0.15) is 28.9 Å². The fourth-order valence-corrected chi connectivity index (χ4v) is 5.38. The first-order valence-electron chi connectivity index (χ1n) is 12.3. The van der Waals surface area contributed by atoms with Gasteiger partial charge in [0.15, 0.2) is 0 Å². The van der Waals surface area contributed by atoms with E-state index in [4.69, 9.17) is 16.3 Å². The van der Waals surface area contributed by atoms with Crippen LogP contribution in [0, 0.1) is 11.7 Å². The molecule has 2 heterocycles. The summed E-state index contributed by atoms with van der Waals surface area (Å²) in [6.45, 7) is -1.43. The smallest absolute Gasteiger partial charge is 0.370 e. The second-order valence-corrected chi connectivity index (χ2v) is 11.1. The summed E-state index contributed by atoms with van der Waals surface area (Å²) in [5.41, 5.74) is 0.00216. The van der Waals surface area contributed by atoms with Crippen LogP contribution in [0.5, 0.6) is 0 Å². The summed E-state index contributed by atoms with van der Waals surface area (Å²) in [7, 11) is 0. The monoisotopic (exact) mass is 590 g/mol. The Bertz CT molecular complexity index is 1210. The highest BCUT2D eigenvalue weighted by atomic mass is 35.5. The van der Waals surface area contributed by atoms with Crippen molar-refractivity contribution in [2.75, 3.05) is 49.6 Å². The van der Waals surface area contributed by atoms with Crippen molar-refractivity contribution in [1.82, 2.24) is 10.2 Å². The zero-order chi connectivity index (χ0) is 28.2. The molecule has 1 atom stereocenters. The minimum atomic E-state index is -4.61. The van der Waals surface area contributed by atoms with Crippen LogP contribution in [0.15, 0.2) is 30.3 Å². The Morgan fingerprint density at radius 1 is 1.23 bits per heavy atom. The number of halogens is 5. The highest BCUT2D eigenvalue weighted by Gasteiger charge is 2.39. The van der Waals surface area contributed by atoms with Crippen molar-refractivity contribution in [1.29, 1.82) is 0 Å². The van der Waals surface area contributed by atoms with Gasteiger partial charge in [0.1, 0.15) is 18.5 Å². The second kappa shape index (κ2) is 12.6. The van der Waals surface area contributed by atoms with E-state index in [0.717, 1.165) is 41.6 Å². The molecule has 1 saturated carbocycles. The summed E-state index contributed by atoms with van der Waals surface area (Å²) in [4.78, 5) is 40.5. The van der Waals surface area contributed by atoms with E-state index in [-0.39, 0.29) is 54.4 Å². The predicted octanol–water partition coefficient (Wildman–Crippen LogP) is 4.31. The third-order valence-corrected chi connectivity index (χ3v) is 7.83. The Hall–Kier alpha value is -2.74. The van der Waals surface area contributed by atoms with Crippen LogP contribution in [-0.4, -0.2) is 74.2 Å². The summed E-state index contributed by atoms with van der Waals surface area (Å²) in [5, 5.41) is 4.89. The number of morpholine rings is 1. The number of carbonyl (C=O) groups excluding carboxylic acids is 3. The number of hydrogen-bond donors (Lipinski definition) is 2. The Kier molecular flexibility index (Phi) is 9.47. The molecule has 2 N–H and O–H groups in total. The fourth-order valence-electron chi connectivity index (χ4n) is 4.42. The number of nitrogens with zero attached hydrogens (tertiary/aromatic N) is 2. The third kappa shape index (κ3) is 7.90. The number of nitrogens with one attached hydrogen (secondary N) is 2. The second-order valence-electron chi connectivity index (χ2n) is 9.42. The van der Waals surface area contributed by atoms with Crippen LogP contribution in [0.2, 0.25) is 4.34 Å². The zero-order valence-electron chi connectivity index (χ0n) is 20.7. The van der Waals surface area contributed by atoms with Crippen LogP contribution in [0.3, 0.4) is 0 Å². The standard InChI is InChI=1S/C25H27ClF4N4O4S/c26-21-7-6-20(39-21)24(37)31-11-19(33(14-25(28,29)30)12-15-2-1-3-15)23(36)32-18-5-4-16(10-17(18)27)34-8-9-38-13-22(34)35/h4-7,10,15,19H,1-3,8-9,11-14H2,(H,31,37)(H,32,36)/t19-/m1/s1. The zero-order valence-corrected chi connectivity index (χ0v) is 22.3. The molecule has 1 saturated heterocycles. The molecule has 0 bridgehead atoms.